The topological polar surface area (TPSA) is 131 Å². The summed E-state index contributed by atoms with van der Waals surface area (Å²) in [5, 5.41) is 2.65. The maximum atomic E-state index is 13.5. The summed E-state index contributed by atoms with van der Waals surface area (Å²) in [5.74, 6) is -1.27. The summed E-state index contributed by atoms with van der Waals surface area (Å²) in [5.41, 5.74) is 6.07. The van der Waals surface area contributed by atoms with Crippen molar-refractivity contribution in [2.45, 2.75) is 67.9 Å². The molecular formula is C26H27F3N4O5S. The number of amides is 2. The third-order valence-corrected chi connectivity index (χ3v) is 8.95. The van der Waals surface area contributed by atoms with E-state index in [1.165, 1.54) is 29.2 Å². The van der Waals surface area contributed by atoms with Crippen LogP contribution < -0.4 is 15.8 Å². The van der Waals surface area contributed by atoms with Gasteiger partial charge in [-0.15, -0.1) is 0 Å². The number of carbonyl (C=O) groups excluding carboxylic acids is 2. The molecule has 2 aromatic carbocycles. The Labute approximate surface area is 223 Å². The molecule has 5 rings (SSSR count). The first-order valence-electron chi connectivity index (χ1n) is 12.3. The van der Waals surface area contributed by atoms with Gasteiger partial charge in [0.05, 0.1) is 34.7 Å². The van der Waals surface area contributed by atoms with E-state index in [-0.39, 0.29) is 52.2 Å². The second kappa shape index (κ2) is 9.25. The first-order valence-corrected chi connectivity index (χ1v) is 14.0. The first-order chi connectivity index (χ1) is 18.2. The normalized spacial score (nSPS) is 25.6. The number of benzene rings is 2. The van der Waals surface area contributed by atoms with Crippen LogP contribution in [0.2, 0.25) is 0 Å². The third kappa shape index (κ3) is 5.07. The van der Waals surface area contributed by atoms with Gasteiger partial charge < -0.3 is 15.8 Å². The second-order valence-corrected chi connectivity index (χ2v) is 12.6. The molecule has 3 N–H and O–H groups in total. The molecule has 0 spiro atoms. The molecule has 0 aromatic heterocycles. The Kier molecular flexibility index (Phi) is 6.40. The van der Waals surface area contributed by atoms with Gasteiger partial charge in [0.15, 0.2) is 21.9 Å². The van der Waals surface area contributed by atoms with E-state index in [9.17, 15) is 31.2 Å². The monoisotopic (exact) mass is 564 g/mol. The van der Waals surface area contributed by atoms with Crippen molar-refractivity contribution in [3.63, 3.8) is 0 Å². The molecule has 3 heterocycles. The van der Waals surface area contributed by atoms with Gasteiger partial charge in [-0.05, 0) is 50.1 Å². The summed E-state index contributed by atoms with van der Waals surface area (Å²) in [7, 11) is -3.70. The lowest BCUT2D eigenvalue weighted by molar-refractivity contribution is -0.201. The molecule has 2 aromatic rings. The maximum absolute atomic E-state index is 13.5. The average Bonchev–Trinajstić information content (AvgIpc) is 2.83. The maximum Gasteiger partial charge on any atom is 0.425 e. The van der Waals surface area contributed by atoms with E-state index < -0.39 is 52.1 Å². The number of alkyl halides is 3. The van der Waals surface area contributed by atoms with Crippen molar-refractivity contribution in [3.05, 3.63) is 59.2 Å². The Bertz CT molecular complexity index is 1490. The van der Waals surface area contributed by atoms with Crippen LogP contribution in [0.4, 0.5) is 13.2 Å². The Hall–Kier alpha value is -3.61. The SMILES string of the molecule is CC1(C)CC(=O)N([C@@H]2CCS(=O)(=O)c3ccc(C(=O)N[C@H]4C[C@H](C(F)(F)F)Oc5ccccc54)cc32)C(N)=N1. The molecule has 0 fully saturated rings. The fourth-order valence-corrected chi connectivity index (χ4v) is 6.93. The molecule has 0 saturated heterocycles. The highest BCUT2D eigenvalue weighted by molar-refractivity contribution is 7.91. The number of hydrogen-bond donors (Lipinski definition) is 2. The van der Waals surface area contributed by atoms with Crippen LogP contribution in [-0.2, 0) is 14.6 Å². The summed E-state index contributed by atoms with van der Waals surface area (Å²) in [6, 6.07) is 8.33. The van der Waals surface area contributed by atoms with Crippen LogP contribution in [0.3, 0.4) is 0 Å². The highest BCUT2D eigenvalue weighted by Gasteiger charge is 2.47. The highest BCUT2D eigenvalue weighted by atomic mass is 32.2. The zero-order valence-corrected chi connectivity index (χ0v) is 22.0. The number of fused-ring (bicyclic) bond motifs is 2. The zero-order valence-electron chi connectivity index (χ0n) is 21.2. The van der Waals surface area contributed by atoms with Gasteiger partial charge in [-0.1, -0.05) is 18.2 Å². The Balaban J connectivity index is 1.49. The van der Waals surface area contributed by atoms with Gasteiger partial charge in [0.25, 0.3) is 5.91 Å². The molecular weight excluding hydrogens is 537 g/mol. The predicted molar refractivity (Wildman–Crippen MR) is 135 cm³/mol. The smallest absolute Gasteiger partial charge is 0.425 e. The quantitative estimate of drug-likeness (QED) is 0.588. The molecule has 39 heavy (non-hydrogen) atoms. The Morgan fingerprint density at radius 2 is 1.90 bits per heavy atom. The van der Waals surface area contributed by atoms with Crippen LogP contribution in [0.25, 0.3) is 0 Å². The van der Waals surface area contributed by atoms with Gasteiger partial charge in [0.2, 0.25) is 5.91 Å². The van der Waals surface area contributed by atoms with Gasteiger partial charge in [-0.2, -0.15) is 13.2 Å². The van der Waals surface area contributed by atoms with Gasteiger partial charge in [-0.25, -0.2) is 13.4 Å². The summed E-state index contributed by atoms with van der Waals surface area (Å²) < 4.78 is 71.4. The fourth-order valence-electron chi connectivity index (χ4n) is 5.35. The number of guanidine groups is 1. The molecule has 3 aliphatic rings. The van der Waals surface area contributed by atoms with E-state index in [0.29, 0.717) is 5.56 Å². The molecule has 0 aliphatic carbocycles. The molecule has 13 heteroatoms. The fraction of sp³-hybridized carbons (Fsp3) is 0.423. The van der Waals surface area contributed by atoms with Gasteiger partial charge in [0, 0.05) is 17.5 Å². The van der Waals surface area contributed by atoms with E-state index in [2.05, 4.69) is 10.3 Å². The van der Waals surface area contributed by atoms with Crippen LogP contribution in [-0.4, -0.2) is 54.7 Å². The van der Waals surface area contributed by atoms with E-state index in [4.69, 9.17) is 10.5 Å². The van der Waals surface area contributed by atoms with Crippen molar-refractivity contribution >= 4 is 27.6 Å². The van der Waals surface area contributed by atoms with E-state index in [1.807, 2.05) is 0 Å². The van der Waals surface area contributed by atoms with Crippen molar-refractivity contribution in [1.82, 2.24) is 10.2 Å². The summed E-state index contributed by atoms with van der Waals surface area (Å²) >= 11 is 0. The van der Waals surface area contributed by atoms with Crippen molar-refractivity contribution in [2.24, 2.45) is 10.7 Å². The minimum atomic E-state index is -4.64. The van der Waals surface area contributed by atoms with E-state index in [1.54, 1.807) is 32.0 Å². The summed E-state index contributed by atoms with van der Waals surface area (Å²) in [6.45, 7) is 3.52. The van der Waals surface area contributed by atoms with Crippen molar-refractivity contribution in [3.8, 4) is 5.75 Å². The number of para-hydroxylation sites is 1. The van der Waals surface area contributed by atoms with Gasteiger partial charge >= 0.3 is 6.18 Å². The van der Waals surface area contributed by atoms with Crippen LogP contribution in [0.1, 0.15) is 66.7 Å². The largest absolute Gasteiger partial charge is 0.480 e. The van der Waals surface area contributed by atoms with Crippen molar-refractivity contribution in [1.29, 1.82) is 0 Å². The average molecular weight is 565 g/mol. The number of nitrogens with two attached hydrogens (primary N) is 1. The summed E-state index contributed by atoms with van der Waals surface area (Å²) in [4.78, 5) is 32.0. The number of hydrogen-bond acceptors (Lipinski definition) is 7. The number of sulfone groups is 1. The van der Waals surface area contributed by atoms with Gasteiger partial charge in [-0.3, -0.25) is 14.5 Å². The number of aliphatic imine (C=N–C) groups is 1. The number of carbonyl (C=O) groups is 2. The van der Waals surface area contributed by atoms with Crippen molar-refractivity contribution < 1.29 is 35.9 Å². The predicted octanol–water partition coefficient (Wildman–Crippen LogP) is 3.42. The van der Waals surface area contributed by atoms with Crippen molar-refractivity contribution in [2.75, 3.05) is 5.75 Å². The first kappa shape index (κ1) is 27.0. The molecule has 3 aliphatic heterocycles. The third-order valence-electron chi connectivity index (χ3n) is 7.14. The lowest BCUT2D eigenvalue weighted by Gasteiger charge is -2.40. The molecule has 2 amide bonds. The highest BCUT2D eigenvalue weighted by Crippen LogP contribution is 2.41. The van der Waals surface area contributed by atoms with E-state index >= 15 is 0 Å². The van der Waals surface area contributed by atoms with Crippen LogP contribution in [0, 0.1) is 0 Å². The number of halogens is 3. The summed E-state index contributed by atoms with van der Waals surface area (Å²) in [6.07, 6.45) is -7.16. The lowest BCUT2D eigenvalue weighted by atomic mass is 9.94. The molecule has 9 nitrogen and oxygen atoms in total. The molecule has 3 atom stereocenters. The number of ether oxygens (including phenoxy) is 1. The Morgan fingerprint density at radius 3 is 2.59 bits per heavy atom. The van der Waals surface area contributed by atoms with Gasteiger partial charge in [0.1, 0.15) is 5.75 Å². The molecule has 0 unspecified atom stereocenters. The second-order valence-electron chi connectivity index (χ2n) is 10.5. The number of nitrogens with one attached hydrogen (secondary N) is 1. The minimum absolute atomic E-state index is 0.0225. The Morgan fingerprint density at radius 1 is 1.18 bits per heavy atom. The zero-order chi connectivity index (χ0) is 28.3. The molecule has 0 bridgehead atoms. The minimum Gasteiger partial charge on any atom is -0.480 e. The molecule has 208 valence electrons. The molecule has 0 saturated carbocycles. The van der Waals surface area contributed by atoms with E-state index in [0.717, 1.165) is 0 Å². The number of rotatable bonds is 3. The van der Waals surface area contributed by atoms with Crippen LogP contribution in [0.15, 0.2) is 52.4 Å². The van der Waals surface area contributed by atoms with Crippen LogP contribution >= 0.6 is 0 Å². The lowest BCUT2D eigenvalue weighted by Crippen LogP contribution is -2.52. The molecule has 0 radical (unpaired) electrons. The number of nitrogens with zero attached hydrogens (tertiary/aromatic N) is 2. The standard InChI is InChI=1S/C26H27F3N4O5S/c1-25(2)13-22(34)33(24(30)32-25)18-9-10-39(36,37)20-8-7-14(11-16(18)20)23(35)31-17-12-21(26(27,28)29)38-19-6-4-3-5-15(17)19/h3-8,11,17-18,21H,9-10,12-13H2,1-2H3,(H2,30,32)(H,31,35)/t17-,18+,21+/m0/s1. The van der Waals surface area contributed by atoms with Crippen LogP contribution in [0.5, 0.6) is 5.75 Å².